The van der Waals surface area contributed by atoms with E-state index in [0.29, 0.717) is 11.8 Å². The van der Waals surface area contributed by atoms with Crippen LogP contribution >= 0.6 is 23.1 Å². The first-order chi connectivity index (χ1) is 14.5. The van der Waals surface area contributed by atoms with Crippen LogP contribution in [0.15, 0.2) is 34.9 Å². The average Bonchev–Trinajstić information content (AvgIpc) is 3.15. The van der Waals surface area contributed by atoms with E-state index in [9.17, 15) is 4.79 Å². The lowest BCUT2D eigenvalue weighted by Gasteiger charge is -2.35. The number of hydrogen-bond acceptors (Lipinski definition) is 9. The van der Waals surface area contributed by atoms with Crippen molar-refractivity contribution in [3.8, 4) is 10.6 Å². The number of carbonyl (C=O) groups excluding carboxylic acids is 1. The average molecular weight is 442 g/mol. The minimum atomic E-state index is 0.132. The Labute approximate surface area is 183 Å². The molecule has 1 aliphatic rings. The van der Waals surface area contributed by atoms with Gasteiger partial charge in [-0.25, -0.2) is 19.9 Å². The highest BCUT2D eigenvalue weighted by Crippen LogP contribution is 2.33. The predicted octanol–water partition coefficient (Wildman–Crippen LogP) is 3.44. The summed E-state index contributed by atoms with van der Waals surface area (Å²) in [7, 11) is 0. The second kappa shape index (κ2) is 8.97. The zero-order valence-electron chi connectivity index (χ0n) is 17.1. The summed E-state index contributed by atoms with van der Waals surface area (Å²) in [5.74, 6) is 1.32. The Kier molecular flexibility index (Phi) is 6.14. The molecule has 3 aromatic heterocycles. The molecule has 0 unspecified atom stereocenters. The third-order valence-electron chi connectivity index (χ3n) is 4.92. The summed E-state index contributed by atoms with van der Waals surface area (Å²) in [4.78, 5) is 34.7. The van der Waals surface area contributed by atoms with Gasteiger partial charge < -0.3 is 15.1 Å². The fraction of sp³-hybridized carbons (Fsp3) is 0.350. The summed E-state index contributed by atoms with van der Waals surface area (Å²) in [5.41, 5.74) is 2.87. The normalized spacial score (nSPS) is 14.1. The van der Waals surface area contributed by atoms with E-state index in [4.69, 9.17) is 0 Å². The molecule has 8 nitrogen and oxygen atoms in total. The Morgan fingerprint density at radius 3 is 2.57 bits per heavy atom. The van der Waals surface area contributed by atoms with Gasteiger partial charge >= 0.3 is 0 Å². The molecule has 1 fully saturated rings. The van der Waals surface area contributed by atoms with Gasteiger partial charge in [-0.3, -0.25) is 4.79 Å². The Hall–Kier alpha value is -2.72. The SMILES string of the molecule is CSc1nc(C)c(-c2ccnc(Nc3ccc(N4CCN(C(C)=O)CC4)cn3)n2)s1. The molecule has 1 aliphatic heterocycles. The minimum Gasteiger partial charge on any atom is -0.367 e. The van der Waals surface area contributed by atoms with E-state index in [2.05, 4.69) is 30.2 Å². The number of pyridine rings is 1. The quantitative estimate of drug-likeness (QED) is 0.603. The molecule has 1 N–H and O–H groups in total. The Bertz CT molecular complexity index is 1030. The van der Waals surface area contributed by atoms with Crippen LogP contribution in [0.25, 0.3) is 10.6 Å². The second-order valence-corrected chi connectivity index (χ2v) is 8.94. The van der Waals surface area contributed by atoms with Crippen molar-refractivity contribution >= 4 is 46.5 Å². The summed E-state index contributed by atoms with van der Waals surface area (Å²) in [6.45, 7) is 6.72. The first-order valence-electron chi connectivity index (χ1n) is 9.62. The molecule has 4 heterocycles. The summed E-state index contributed by atoms with van der Waals surface area (Å²) in [6.07, 6.45) is 5.60. The highest BCUT2D eigenvalue weighted by molar-refractivity contribution is 8.00. The zero-order chi connectivity index (χ0) is 21.1. The number of amides is 1. The van der Waals surface area contributed by atoms with Crippen LogP contribution in [0.3, 0.4) is 0 Å². The highest BCUT2D eigenvalue weighted by Gasteiger charge is 2.19. The predicted molar refractivity (Wildman–Crippen MR) is 122 cm³/mol. The van der Waals surface area contributed by atoms with Crippen molar-refractivity contribution in [1.82, 2.24) is 24.8 Å². The number of aryl methyl sites for hydroxylation is 1. The smallest absolute Gasteiger partial charge is 0.228 e. The van der Waals surface area contributed by atoms with Gasteiger partial charge in [0.2, 0.25) is 11.9 Å². The van der Waals surface area contributed by atoms with Crippen LogP contribution in [0, 0.1) is 6.92 Å². The molecule has 4 rings (SSSR count). The molecule has 3 aromatic rings. The fourth-order valence-corrected chi connectivity index (χ4v) is 4.86. The largest absolute Gasteiger partial charge is 0.367 e. The van der Waals surface area contributed by atoms with Gasteiger partial charge in [-0.2, -0.15) is 0 Å². The molecule has 0 atom stereocenters. The maximum Gasteiger partial charge on any atom is 0.228 e. The minimum absolute atomic E-state index is 0.132. The van der Waals surface area contributed by atoms with E-state index in [1.807, 2.05) is 42.5 Å². The van der Waals surface area contributed by atoms with Crippen molar-refractivity contribution in [3.05, 3.63) is 36.3 Å². The number of hydrogen-bond donors (Lipinski definition) is 1. The van der Waals surface area contributed by atoms with Crippen LogP contribution in [0.5, 0.6) is 0 Å². The van der Waals surface area contributed by atoms with Crippen LogP contribution < -0.4 is 10.2 Å². The summed E-state index contributed by atoms with van der Waals surface area (Å²) in [5, 5.41) is 3.18. The van der Waals surface area contributed by atoms with E-state index in [1.165, 1.54) is 0 Å². The molecule has 0 spiro atoms. The highest BCUT2D eigenvalue weighted by atomic mass is 32.2. The lowest BCUT2D eigenvalue weighted by molar-refractivity contribution is -0.129. The number of carbonyl (C=O) groups is 1. The zero-order valence-corrected chi connectivity index (χ0v) is 18.8. The van der Waals surface area contributed by atoms with Crippen molar-refractivity contribution in [2.24, 2.45) is 0 Å². The monoisotopic (exact) mass is 441 g/mol. The Morgan fingerprint density at radius 2 is 1.93 bits per heavy atom. The fourth-order valence-electron chi connectivity index (χ4n) is 3.28. The van der Waals surface area contributed by atoms with Crippen LogP contribution in [0.1, 0.15) is 12.6 Å². The standard InChI is InChI=1S/C20H23N7OS2/c1-13-18(30-20(23-13)29-3)16-6-7-21-19(24-16)25-17-5-4-15(12-22-17)27-10-8-26(9-11-27)14(2)28/h4-7,12H,8-11H2,1-3H3,(H,21,22,24,25). The first-order valence-corrected chi connectivity index (χ1v) is 11.7. The number of thioether (sulfide) groups is 1. The number of rotatable bonds is 5. The lowest BCUT2D eigenvalue weighted by atomic mass is 10.2. The maximum absolute atomic E-state index is 11.5. The van der Waals surface area contributed by atoms with Crippen molar-refractivity contribution in [1.29, 1.82) is 0 Å². The molecular weight excluding hydrogens is 418 g/mol. The van der Waals surface area contributed by atoms with E-state index in [-0.39, 0.29) is 5.91 Å². The van der Waals surface area contributed by atoms with E-state index in [0.717, 1.165) is 52.5 Å². The van der Waals surface area contributed by atoms with Crippen molar-refractivity contribution < 1.29 is 4.79 Å². The van der Waals surface area contributed by atoms with Crippen LogP contribution in [-0.2, 0) is 4.79 Å². The van der Waals surface area contributed by atoms with Crippen LogP contribution in [0.2, 0.25) is 0 Å². The molecule has 0 radical (unpaired) electrons. The molecule has 1 saturated heterocycles. The Morgan fingerprint density at radius 1 is 1.13 bits per heavy atom. The number of nitrogens with zero attached hydrogens (tertiary/aromatic N) is 6. The topological polar surface area (TPSA) is 87.1 Å². The van der Waals surface area contributed by atoms with Crippen LogP contribution in [-0.4, -0.2) is 63.2 Å². The summed E-state index contributed by atoms with van der Waals surface area (Å²) in [6, 6.07) is 5.85. The molecule has 1 amide bonds. The molecule has 0 aromatic carbocycles. The molecule has 10 heteroatoms. The summed E-state index contributed by atoms with van der Waals surface area (Å²) < 4.78 is 1.03. The van der Waals surface area contributed by atoms with Gasteiger partial charge in [-0.15, -0.1) is 11.3 Å². The third-order valence-corrected chi connectivity index (χ3v) is 7.08. The number of aromatic nitrogens is 4. The number of anilines is 3. The van der Waals surface area contributed by atoms with Gasteiger partial charge in [0, 0.05) is 39.3 Å². The van der Waals surface area contributed by atoms with Gasteiger partial charge in [0.1, 0.15) is 5.82 Å². The Balaban J connectivity index is 1.44. The lowest BCUT2D eigenvalue weighted by Crippen LogP contribution is -2.48. The molecular formula is C20H23N7OS2. The first kappa shape index (κ1) is 20.5. The third kappa shape index (κ3) is 4.54. The van der Waals surface area contributed by atoms with Gasteiger partial charge in [0.05, 0.1) is 28.1 Å². The number of piperazine rings is 1. The molecule has 30 heavy (non-hydrogen) atoms. The van der Waals surface area contributed by atoms with Crippen molar-refractivity contribution in [2.75, 3.05) is 42.7 Å². The van der Waals surface area contributed by atoms with Crippen LogP contribution in [0.4, 0.5) is 17.5 Å². The van der Waals surface area contributed by atoms with Gasteiger partial charge in [-0.05, 0) is 31.4 Å². The van der Waals surface area contributed by atoms with Gasteiger partial charge in [-0.1, -0.05) is 11.8 Å². The van der Waals surface area contributed by atoms with Crippen molar-refractivity contribution in [2.45, 2.75) is 18.2 Å². The van der Waals surface area contributed by atoms with Gasteiger partial charge in [0.25, 0.3) is 0 Å². The summed E-state index contributed by atoms with van der Waals surface area (Å²) >= 11 is 3.27. The van der Waals surface area contributed by atoms with E-state index in [1.54, 1.807) is 36.2 Å². The molecule has 0 saturated carbocycles. The molecule has 0 bridgehead atoms. The van der Waals surface area contributed by atoms with E-state index < -0.39 is 0 Å². The maximum atomic E-state index is 11.5. The molecule has 156 valence electrons. The molecule has 0 aliphatic carbocycles. The second-order valence-electron chi connectivity index (χ2n) is 6.88. The van der Waals surface area contributed by atoms with Gasteiger partial charge in [0.15, 0.2) is 4.34 Å². The van der Waals surface area contributed by atoms with Crippen molar-refractivity contribution in [3.63, 3.8) is 0 Å². The van der Waals surface area contributed by atoms with E-state index >= 15 is 0 Å². The number of thiazole rings is 1. The number of nitrogens with one attached hydrogen (secondary N) is 1.